The molecule has 0 aliphatic carbocycles. The summed E-state index contributed by atoms with van der Waals surface area (Å²) in [7, 11) is 0. The second kappa shape index (κ2) is 5.23. The van der Waals surface area contributed by atoms with Crippen molar-refractivity contribution in [2.24, 2.45) is 0 Å². The minimum atomic E-state index is -1.26. The molecule has 1 amide bonds. The van der Waals surface area contributed by atoms with E-state index < -0.39 is 18.1 Å². The van der Waals surface area contributed by atoms with Gasteiger partial charge >= 0.3 is 0 Å². The van der Waals surface area contributed by atoms with E-state index in [1.165, 1.54) is 11.8 Å². The van der Waals surface area contributed by atoms with E-state index in [-0.39, 0.29) is 5.91 Å². The van der Waals surface area contributed by atoms with Crippen molar-refractivity contribution in [1.29, 1.82) is 0 Å². The van der Waals surface area contributed by atoms with Gasteiger partial charge in [0.25, 0.3) is 5.91 Å². The molecule has 120 valence electrons. The van der Waals surface area contributed by atoms with Gasteiger partial charge in [0.1, 0.15) is 0 Å². The Labute approximate surface area is 138 Å². The fourth-order valence-corrected chi connectivity index (χ4v) is 3.49. The van der Waals surface area contributed by atoms with Crippen LogP contribution in [0.3, 0.4) is 0 Å². The molecule has 24 heavy (non-hydrogen) atoms. The van der Waals surface area contributed by atoms with Gasteiger partial charge in [0, 0.05) is 28.2 Å². The normalized spacial score (nSPS) is 18.0. The monoisotopic (exact) mass is 319 g/mol. The summed E-state index contributed by atoms with van der Waals surface area (Å²) >= 11 is 0. The third kappa shape index (κ3) is 1.94. The first kappa shape index (κ1) is 14.5. The van der Waals surface area contributed by atoms with Gasteiger partial charge in [-0.3, -0.25) is 4.79 Å². The first-order chi connectivity index (χ1) is 11.6. The van der Waals surface area contributed by atoms with Crippen molar-refractivity contribution in [3.8, 4) is 0 Å². The van der Waals surface area contributed by atoms with Crippen molar-refractivity contribution in [1.82, 2.24) is 9.88 Å². The van der Waals surface area contributed by atoms with Gasteiger partial charge in [0.05, 0.1) is 18.1 Å². The van der Waals surface area contributed by atoms with Gasteiger partial charge < -0.3 is 19.8 Å². The number of rotatable bonds is 3. The summed E-state index contributed by atoms with van der Waals surface area (Å²) < 4.78 is 0. The first-order valence-electron chi connectivity index (χ1n) is 7.78. The minimum Gasteiger partial charge on any atom is -0.548 e. The minimum absolute atomic E-state index is 0.280. The average molecular weight is 319 g/mol. The number of nitrogens with zero attached hydrogens (tertiary/aromatic N) is 1. The van der Waals surface area contributed by atoms with Crippen LogP contribution >= 0.6 is 0 Å². The topological polar surface area (TPSA) is 76.2 Å². The molecule has 1 aliphatic heterocycles. The van der Waals surface area contributed by atoms with Crippen molar-refractivity contribution < 1.29 is 14.7 Å². The van der Waals surface area contributed by atoms with E-state index in [4.69, 9.17) is 0 Å². The Morgan fingerprint density at radius 3 is 2.62 bits per heavy atom. The maximum atomic E-state index is 12.8. The van der Waals surface area contributed by atoms with Crippen LogP contribution in [0.15, 0.2) is 54.7 Å². The highest BCUT2D eigenvalue weighted by atomic mass is 16.4. The van der Waals surface area contributed by atoms with E-state index in [1.54, 1.807) is 12.1 Å². The number of aromatic amines is 1. The number of amides is 1. The Kier molecular flexibility index (Phi) is 3.16. The highest BCUT2D eigenvalue weighted by Gasteiger charge is 2.41. The lowest BCUT2D eigenvalue weighted by molar-refractivity contribution is -0.310. The lowest BCUT2D eigenvalue weighted by Crippen LogP contribution is -2.48. The van der Waals surface area contributed by atoms with Crippen molar-refractivity contribution >= 4 is 22.8 Å². The largest absolute Gasteiger partial charge is 0.548 e. The number of carboxylic acids is 1. The summed E-state index contributed by atoms with van der Waals surface area (Å²) in [5, 5.41) is 12.4. The number of carbonyl (C=O) groups is 2. The van der Waals surface area contributed by atoms with Gasteiger partial charge in [0.2, 0.25) is 0 Å². The molecule has 5 heteroatoms. The third-order valence-electron chi connectivity index (χ3n) is 4.67. The number of hydrogen-bond donors (Lipinski definition) is 1. The molecule has 3 aromatic rings. The molecule has 2 atom stereocenters. The lowest BCUT2D eigenvalue weighted by atomic mass is 9.97. The molecule has 0 bridgehead atoms. The van der Waals surface area contributed by atoms with Gasteiger partial charge in [-0.05, 0) is 24.6 Å². The quantitative estimate of drug-likeness (QED) is 0.800. The van der Waals surface area contributed by atoms with Gasteiger partial charge in [-0.1, -0.05) is 36.4 Å². The SMILES string of the molecule is C[C@@H](C(=O)[O-])N1C(=O)c2ccccc2[C@@H]1c1c[nH]c2ccccc12. The molecule has 4 rings (SSSR count). The van der Waals surface area contributed by atoms with Crippen molar-refractivity contribution in [2.45, 2.75) is 19.0 Å². The fraction of sp³-hybridized carbons (Fsp3) is 0.158. The van der Waals surface area contributed by atoms with Crippen molar-refractivity contribution in [3.05, 3.63) is 71.4 Å². The van der Waals surface area contributed by atoms with Crippen LogP contribution in [-0.4, -0.2) is 27.8 Å². The number of benzene rings is 2. The van der Waals surface area contributed by atoms with E-state index in [0.29, 0.717) is 5.56 Å². The first-order valence-corrected chi connectivity index (χ1v) is 7.78. The molecule has 5 nitrogen and oxygen atoms in total. The highest BCUT2D eigenvalue weighted by Crippen LogP contribution is 2.42. The van der Waals surface area contributed by atoms with Crippen LogP contribution < -0.4 is 5.11 Å². The smallest absolute Gasteiger partial charge is 0.255 e. The maximum absolute atomic E-state index is 12.8. The summed E-state index contributed by atoms with van der Waals surface area (Å²) in [6, 6.07) is 13.6. The van der Waals surface area contributed by atoms with Gasteiger partial charge in [-0.25, -0.2) is 0 Å². The molecule has 0 saturated heterocycles. The fourth-order valence-electron chi connectivity index (χ4n) is 3.49. The summed E-state index contributed by atoms with van der Waals surface area (Å²) in [5.74, 6) is -1.54. The van der Waals surface area contributed by atoms with E-state index >= 15 is 0 Å². The van der Waals surface area contributed by atoms with Crippen LogP contribution in [0, 0.1) is 0 Å². The molecule has 2 heterocycles. The predicted molar refractivity (Wildman–Crippen MR) is 87.2 cm³/mol. The zero-order valence-electron chi connectivity index (χ0n) is 13.0. The zero-order valence-corrected chi connectivity index (χ0v) is 13.0. The number of H-pyrrole nitrogens is 1. The molecular formula is C19H15N2O3-. The maximum Gasteiger partial charge on any atom is 0.255 e. The lowest BCUT2D eigenvalue weighted by Gasteiger charge is -2.31. The molecule has 0 radical (unpaired) electrons. The van der Waals surface area contributed by atoms with Crippen LogP contribution in [0.4, 0.5) is 0 Å². The van der Waals surface area contributed by atoms with Crippen molar-refractivity contribution in [3.63, 3.8) is 0 Å². The van der Waals surface area contributed by atoms with Crippen LogP contribution in [-0.2, 0) is 4.79 Å². The van der Waals surface area contributed by atoms with Crippen LogP contribution in [0.2, 0.25) is 0 Å². The Hall–Kier alpha value is -3.08. The van der Waals surface area contributed by atoms with Crippen LogP contribution in [0.1, 0.15) is 34.5 Å². The predicted octanol–water partition coefficient (Wildman–Crippen LogP) is 1.85. The summed E-state index contributed by atoms with van der Waals surface area (Å²) in [5.41, 5.74) is 3.20. The number of nitrogens with one attached hydrogen (secondary N) is 1. The Morgan fingerprint density at radius 2 is 1.83 bits per heavy atom. The van der Waals surface area contributed by atoms with E-state index in [0.717, 1.165) is 22.0 Å². The molecule has 1 aliphatic rings. The van der Waals surface area contributed by atoms with Crippen LogP contribution in [0.5, 0.6) is 0 Å². The van der Waals surface area contributed by atoms with Crippen molar-refractivity contribution in [2.75, 3.05) is 0 Å². The number of para-hydroxylation sites is 1. The molecule has 0 unspecified atom stereocenters. The summed E-state index contributed by atoms with van der Waals surface area (Å²) in [4.78, 5) is 28.9. The van der Waals surface area contributed by atoms with Gasteiger partial charge in [-0.2, -0.15) is 0 Å². The number of aromatic nitrogens is 1. The van der Waals surface area contributed by atoms with Crippen LogP contribution in [0.25, 0.3) is 10.9 Å². The number of fused-ring (bicyclic) bond motifs is 2. The summed E-state index contributed by atoms with van der Waals surface area (Å²) in [6.45, 7) is 1.49. The molecule has 2 aromatic carbocycles. The van der Waals surface area contributed by atoms with Gasteiger partial charge in [-0.15, -0.1) is 0 Å². The average Bonchev–Trinajstić information content (AvgIpc) is 3.13. The Balaban J connectivity index is 1.95. The van der Waals surface area contributed by atoms with E-state index in [9.17, 15) is 14.7 Å². The highest BCUT2D eigenvalue weighted by molar-refractivity contribution is 6.02. The number of hydrogen-bond acceptors (Lipinski definition) is 3. The second-order valence-electron chi connectivity index (χ2n) is 5.99. The molecule has 1 N–H and O–H groups in total. The number of carboxylic acid groups (broad SMARTS) is 1. The van der Waals surface area contributed by atoms with E-state index in [2.05, 4.69) is 4.98 Å². The molecule has 0 fully saturated rings. The Morgan fingerprint density at radius 1 is 1.12 bits per heavy atom. The number of carbonyl (C=O) groups excluding carboxylic acids is 2. The van der Waals surface area contributed by atoms with Gasteiger partial charge in [0.15, 0.2) is 0 Å². The molecule has 0 spiro atoms. The second-order valence-corrected chi connectivity index (χ2v) is 5.99. The molecule has 1 aromatic heterocycles. The molecule has 0 saturated carbocycles. The van der Waals surface area contributed by atoms with E-state index in [1.807, 2.05) is 42.6 Å². The molecular weight excluding hydrogens is 304 g/mol. The standard InChI is InChI=1S/C19H16N2O3/c1-11(19(23)24)21-17(13-7-2-3-8-14(13)18(21)22)15-10-20-16-9-5-4-6-12(15)16/h2-11,17,20H,1H3,(H,23,24)/p-1/t11-,17+/m0/s1. The Bertz CT molecular complexity index is 960. The number of aliphatic carboxylic acids is 1. The third-order valence-corrected chi connectivity index (χ3v) is 4.67. The summed E-state index contributed by atoms with van der Waals surface area (Å²) in [6.07, 6.45) is 1.85. The zero-order chi connectivity index (χ0) is 16.8.